The third kappa shape index (κ3) is 5.86. The van der Waals surface area contributed by atoms with Crippen molar-refractivity contribution >= 4 is 24.0 Å². The van der Waals surface area contributed by atoms with Gasteiger partial charge in [0.05, 0.1) is 5.56 Å². The number of hydrogen-bond acceptors (Lipinski definition) is 3. The molecule has 1 N–H and O–H groups in total. The van der Waals surface area contributed by atoms with Crippen LogP contribution in [0.15, 0.2) is 36.4 Å². The van der Waals surface area contributed by atoms with E-state index in [1.54, 1.807) is 13.0 Å². The van der Waals surface area contributed by atoms with Crippen molar-refractivity contribution in [1.29, 1.82) is 0 Å². The second-order valence-corrected chi connectivity index (χ2v) is 7.38. The Kier molecular flexibility index (Phi) is 7.88. The maximum atomic E-state index is 13.7. The first-order valence-electron chi connectivity index (χ1n) is 9.41. The van der Waals surface area contributed by atoms with Crippen molar-refractivity contribution in [2.75, 3.05) is 31.6 Å². The quantitative estimate of drug-likeness (QED) is 0.692. The van der Waals surface area contributed by atoms with Gasteiger partial charge in [-0.1, -0.05) is 0 Å². The van der Waals surface area contributed by atoms with E-state index in [0.29, 0.717) is 31.3 Å². The number of nitrogens with zero attached hydrogens (tertiary/aromatic N) is 2. The highest BCUT2D eigenvalue weighted by atomic mass is 35.5. The van der Waals surface area contributed by atoms with Gasteiger partial charge in [0.25, 0.3) is 0 Å². The molecule has 1 aliphatic rings. The van der Waals surface area contributed by atoms with Gasteiger partial charge in [0, 0.05) is 38.9 Å². The molecule has 2 aromatic carbocycles. The number of likely N-dealkylation sites (N-methyl/N-ethyl adjacent to an activating group) is 1. The SMILES string of the molecule is Cc1cc(F)ccc1N1CCNCC1C(=O)N(C)Cc1cc(F)cc(C(F)(F)F)c1.Cl. The van der Waals surface area contributed by atoms with Crippen molar-refractivity contribution in [3.8, 4) is 0 Å². The van der Waals surface area contributed by atoms with Gasteiger partial charge in [0.2, 0.25) is 5.91 Å². The van der Waals surface area contributed by atoms with Gasteiger partial charge in [0.15, 0.2) is 0 Å². The van der Waals surface area contributed by atoms with Gasteiger partial charge in [-0.25, -0.2) is 8.78 Å². The lowest BCUT2D eigenvalue weighted by Crippen LogP contribution is -2.58. The highest BCUT2D eigenvalue weighted by molar-refractivity contribution is 5.86. The number of benzene rings is 2. The number of carbonyl (C=O) groups is 1. The van der Waals surface area contributed by atoms with Crippen LogP contribution in [0.5, 0.6) is 0 Å². The summed E-state index contributed by atoms with van der Waals surface area (Å²) in [5.74, 6) is -1.72. The largest absolute Gasteiger partial charge is 0.416 e. The fourth-order valence-corrected chi connectivity index (χ4v) is 3.67. The zero-order valence-electron chi connectivity index (χ0n) is 17.0. The molecule has 0 radical (unpaired) electrons. The second-order valence-electron chi connectivity index (χ2n) is 7.38. The lowest BCUT2D eigenvalue weighted by Gasteiger charge is -2.39. The van der Waals surface area contributed by atoms with E-state index in [4.69, 9.17) is 0 Å². The van der Waals surface area contributed by atoms with E-state index in [2.05, 4.69) is 5.32 Å². The first kappa shape index (κ1) is 24.9. The highest BCUT2D eigenvalue weighted by Gasteiger charge is 2.33. The first-order valence-corrected chi connectivity index (χ1v) is 9.41. The minimum atomic E-state index is -4.68. The molecule has 1 atom stereocenters. The van der Waals surface area contributed by atoms with Crippen molar-refractivity contribution in [2.45, 2.75) is 25.7 Å². The Hall–Kier alpha value is -2.39. The topological polar surface area (TPSA) is 35.6 Å². The molecule has 1 saturated heterocycles. The Bertz CT molecular complexity index is 938. The molecule has 0 saturated carbocycles. The van der Waals surface area contributed by atoms with Gasteiger partial charge < -0.3 is 15.1 Å². The summed E-state index contributed by atoms with van der Waals surface area (Å²) in [5.41, 5.74) is 0.347. The molecular formula is C21H23ClF5N3O. The molecule has 4 nitrogen and oxygen atoms in total. The van der Waals surface area contributed by atoms with Crippen LogP contribution in [0.25, 0.3) is 0 Å². The fourth-order valence-electron chi connectivity index (χ4n) is 3.67. The van der Waals surface area contributed by atoms with Crippen molar-refractivity contribution in [3.05, 3.63) is 64.7 Å². The summed E-state index contributed by atoms with van der Waals surface area (Å²) in [6.45, 7) is 3.04. The van der Waals surface area contributed by atoms with Gasteiger partial charge in [-0.05, 0) is 54.4 Å². The smallest absolute Gasteiger partial charge is 0.357 e. The second kappa shape index (κ2) is 9.82. The van der Waals surface area contributed by atoms with Crippen LogP contribution in [-0.4, -0.2) is 43.5 Å². The maximum absolute atomic E-state index is 13.7. The zero-order chi connectivity index (χ0) is 22.1. The molecule has 1 heterocycles. The van der Waals surface area contributed by atoms with E-state index in [-0.39, 0.29) is 36.2 Å². The summed E-state index contributed by atoms with van der Waals surface area (Å²) in [4.78, 5) is 16.2. The van der Waals surface area contributed by atoms with Gasteiger partial charge in [0.1, 0.15) is 17.7 Å². The Morgan fingerprint density at radius 3 is 2.52 bits per heavy atom. The van der Waals surface area contributed by atoms with Crippen LogP contribution < -0.4 is 10.2 Å². The van der Waals surface area contributed by atoms with Gasteiger partial charge >= 0.3 is 6.18 Å². The van der Waals surface area contributed by atoms with Crippen LogP contribution >= 0.6 is 12.4 Å². The maximum Gasteiger partial charge on any atom is 0.416 e. The first-order chi connectivity index (χ1) is 14.1. The number of piperazine rings is 1. The average molecular weight is 464 g/mol. The predicted molar refractivity (Wildman–Crippen MR) is 110 cm³/mol. The Morgan fingerprint density at radius 2 is 1.87 bits per heavy atom. The molecule has 31 heavy (non-hydrogen) atoms. The molecule has 0 aromatic heterocycles. The minimum Gasteiger partial charge on any atom is -0.357 e. The van der Waals surface area contributed by atoms with Crippen LogP contribution in [0.4, 0.5) is 27.6 Å². The Morgan fingerprint density at radius 1 is 1.16 bits per heavy atom. The van der Waals surface area contributed by atoms with Crippen molar-refractivity contribution in [1.82, 2.24) is 10.2 Å². The molecule has 10 heteroatoms. The van der Waals surface area contributed by atoms with Crippen molar-refractivity contribution < 1.29 is 26.7 Å². The van der Waals surface area contributed by atoms with Crippen molar-refractivity contribution in [3.63, 3.8) is 0 Å². The molecule has 1 aliphatic heterocycles. The molecule has 1 amide bonds. The van der Waals surface area contributed by atoms with E-state index < -0.39 is 23.6 Å². The number of amides is 1. The monoisotopic (exact) mass is 463 g/mol. The third-order valence-corrected chi connectivity index (χ3v) is 5.08. The van der Waals surface area contributed by atoms with Crippen LogP contribution in [0, 0.1) is 18.6 Å². The summed E-state index contributed by atoms with van der Waals surface area (Å²) in [6.07, 6.45) is -4.68. The van der Waals surface area contributed by atoms with E-state index in [1.165, 1.54) is 24.1 Å². The van der Waals surface area contributed by atoms with Gasteiger partial charge in [-0.3, -0.25) is 4.79 Å². The van der Waals surface area contributed by atoms with Crippen LogP contribution in [-0.2, 0) is 17.5 Å². The number of rotatable bonds is 4. The number of hydrogen-bond donors (Lipinski definition) is 1. The van der Waals surface area contributed by atoms with E-state index in [9.17, 15) is 26.7 Å². The third-order valence-electron chi connectivity index (χ3n) is 5.08. The Balaban J connectivity index is 0.00000341. The molecule has 0 bridgehead atoms. The summed E-state index contributed by atoms with van der Waals surface area (Å²) >= 11 is 0. The van der Waals surface area contributed by atoms with E-state index in [1.807, 2.05) is 4.90 Å². The minimum absolute atomic E-state index is 0. The van der Waals surface area contributed by atoms with E-state index in [0.717, 1.165) is 17.8 Å². The summed E-state index contributed by atoms with van der Waals surface area (Å²) < 4.78 is 66.0. The predicted octanol–water partition coefficient (Wildman–Crippen LogP) is 4.15. The lowest BCUT2D eigenvalue weighted by atomic mass is 10.1. The van der Waals surface area contributed by atoms with E-state index >= 15 is 0 Å². The number of nitrogens with one attached hydrogen (secondary N) is 1. The molecule has 0 aliphatic carbocycles. The van der Waals surface area contributed by atoms with Crippen LogP contribution in [0.3, 0.4) is 0 Å². The summed E-state index contributed by atoms with van der Waals surface area (Å²) in [7, 11) is 1.46. The lowest BCUT2D eigenvalue weighted by molar-refractivity contribution is -0.137. The van der Waals surface area contributed by atoms with Gasteiger partial charge in [-0.2, -0.15) is 13.2 Å². The van der Waals surface area contributed by atoms with Gasteiger partial charge in [-0.15, -0.1) is 12.4 Å². The molecule has 3 rings (SSSR count). The molecule has 1 fully saturated rings. The average Bonchev–Trinajstić information content (AvgIpc) is 2.66. The molecule has 1 unspecified atom stereocenters. The number of anilines is 1. The van der Waals surface area contributed by atoms with Crippen LogP contribution in [0.2, 0.25) is 0 Å². The molecule has 170 valence electrons. The molecule has 0 spiro atoms. The number of carbonyl (C=O) groups excluding carboxylic acids is 1. The van der Waals surface area contributed by atoms with Crippen molar-refractivity contribution in [2.24, 2.45) is 0 Å². The number of alkyl halides is 3. The number of halogens is 6. The molecule has 2 aromatic rings. The number of aryl methyl sites for hydroxylation is 1. The molecular weight excluding hydrogens is 441 g/mol. The fraction of sp³-hybridized carbons (Fsp3) is 0.381. The standard InChI is InChI=1S/C21H22F5N3O.ClH/c1-13-7-16(22)3-4-18(13)29-6-5-27-11-19(29)20(30)28(2)12-14-8-15(21(24,25)26)10-17(23)9-14;/h3-4,7-10,19,27H,5-6,11-12H2,1-2H3;1H. The summed E-state index contributed by atoms with van der Waals surface area (Å²) in [5, 5.41) is 3.13. The highest BCUT2D eigenvalue weighted by Crippen LogP contribution is 2.31. The zero-order valence-corrected chi connectivity index (χ0v) is 17.8. The summed E-state index contributed by atoms with van der Waals surface area (Å²) in [6, 6.07) is 5.94. The normalized spacial score (nSPS) is 16.6. The Labute approximate surface area is 183 Å². The van der Waals surface area contributed by atoms with Crippen LogP contribution in [0.1, 0.15) is 16.7 Å².